The second-order valence-corrected chi connectivity index (χ2v) is 5.39. The van der Waals surface area contributed by atoms with Gasteiger partial charge in [-0.1, -0.05) is 12.1 Å². The maximum Gasteiger partial charge on any atom is 0.170 e. The van der Waals surface area contributed by atoms with Gasteiger partial charge in [-0.25, -0.2) is 4.39 Å². The maximum absolute atomic E-state index is 13.4. The second kappa shape index (κ2) is 5.68. The van der Waals surface area contributed by atoms with E-state index in [1.165, 1.54) is 12.1 Å². The highest BCUT2D eigenvalue weighted by Gasteiger charge is 2.27. The lowest BCUT2D eigenvalue weighted by atomic mass is 9.88. The Balaban J connectivity index is 2.00. The number of Topliss-reactive ketones (excluding diaryl/α,β-unsaturated/α-hetero) is 1. The van der Waals surface area contributed by atoms with Crippen LogP contribution in [0.15, 0.2) is 42.5 Å². The fourth-order valence-electron chi connectivity index (χ4n) is 3.00. The molecule has 108 valence electrons. The van der Waals surface area contributed by atoms with Crippen LogP contribution >= 0.6 is 0 Å². The Kier molecular flexibility index (Phi) is 3.74. The number of fused-ring (bicyclic) bond motifs is 1. The van der Waals surface area contributed by atoms with Crippen molar-refractivity contribution in [1.82, 2.24) is 0 Å². The Bertz CT molecular complexity index is 679. The summed E-state index contributed by atoms with van der Waals surface area (Å²) in [5.74, 6) is 0.302. The molecule has 2 aromatic carbocycles. The number of ether oxygens (including phenoxy) is 1. The van der Waals surface area contributed by atoms with Crippen LogP contribution in [-0.2, 0) is 6.42 Å². The molecule has 2 aromatic rings. The SMILES string of the molecule is COc1ccc2c(c1)CCCC(c1cccc(F)c1)C2=O. The standard InChI is InChI=1S/C18H17FO2/c1-21-15-8-9-17-13(11-15)5-3-7-16(18(17)20)12-4-2-6-14(19)10-12/h2,4,6,8-11,16H,3,5,7H2,1H3. The van der Waals surface area contributed by atoms with Gasteiger partial charge in [-0.05, 0) is 60.7 Å². The lowest BCUT2D eigenvalue weighted by molar-refractivity contribution is 0.0957. The number of ketones is 1. The molecule has 2 nitrogen and oxygen atoms in total. The Morgan fingerprint density at radius 3 is 2.81 bits per heavy atom. The zero-order chi connectivity index (χ0) is 14.8. The number of carbonyl (C=O) groups is 1. The summed E-state index contributed by atoms with van der Waals surface area (Å²) < 4.78 is 18.6. The molecule has 0 heterocycles. The Morgan fingerprint density at radius 1 is 1.19 bits per heavy atom. The zero-order valence-corrected chi connectivity index (χ0v) is 11.9. The van der Waals surface area contributed by atoms with Crippen molar-refractivity contribution in [2.45, 2.75) is 25.2 Å². The van der Waals surface area contributed by atoms with Crippen LogP contribution in [0.5, 0.6) is 5.75 Å². The molecule has 0 spiro atoms. The highest BCUT2D eigenvalue weighted by molar-refractivity contribution is 6.02. The van der Waals surface area contributed by atoms with E-state index < -0.39 is 0 Å². The predicted octanol–water partition coefficient (Wildman–Crippen LogP) is 4.14. The van der Waals surface area contributed by atoms with E-state index in [-0.39, 0.29) is 17.5 Å². The van der Waals surface area contributed by atoms with Crippen LogP contribution in [0, 0.1) is 5.82 Å². The van der Waals surface area contributed by atoms with Crippen molar-refractivity contribution in [3.8, 4) is 5.75 Å². The van der Waals surface area contributed by atoms with Gasteiger partial charge >= 0.3 is 0 Å². The van der Waals surface area contributed by atoms with E-state index in [0.29, 0.717) is 0 Å². The number of hydrogen-bond donors (Lipinski definition) is 0. The third-order valence-electron chi connectivity index (χ3n) is 4.08. The summed E-state index contributed by atoms with van der Waals surface area (Å²) in [7, 11) is 1.62. The first kappa shape index (κ1) is 13.8. The van der Waals surface area contributed by atoms with Gasteiger partial charge in [0.05, 0.1) is 7.11 Å². The molecule has 0 aromatic heterocycles. The normalized spacial score (nSPS) is 18.0. The summed E-state index contributed by atoms with van der Waals surface area (Å²) in [5.41, 5.74) is 2.53. The van der Waals surface area contributed by atoms with E-state index >= 15 is 0 Å². The maximum atomic E-state index is 13.4. The fraction of sp³-hybridized carbons (Fsp3) is 0.278. The molecule has 0 fully saturated rings. The van der Waals surface area contributed by atoms with Crippen LogP contribution in [0.2, 0.25) is 0 Å². The molecular formula is C18H17FO2. The van der Waals surface area contributed by atoms with Gasteiger partial charge in [0.2, 0.25) is 0 Å². The summed E-state index contributed by atoms with van der Waals surface area (Å²) >= 11 is 0. The average molecular weight is 284 g/mol. The minimum atomic E-state index is -0.292. The molecule has 0 bridgehead atoms. The lowest BCUT2D eigenvalue weighted by Gasteiger charge is -2.14. The second-order valence-electron chi connectivity index (χ2n) is 5.39. The first-order valence-corrected chi connectivity index (χ1v) is 7.15. The number of rotatable bonds is 2. The van der Waals surface area contributed by atoms with Crippen molar-refractivity contribution in [3.05, 3.63) is 65.0 Å². The van der Waals surface area contributed by atoms with Gasteiger partial charge in [-0.3, -0.25) is 4.79 Å². The number of methoxy groups -OCH3 is 1. The minimum absolute atomic E-state index is 0.0794. The van der Waals surface area contributed by atoms with Crippen LogP contribution in [-0.4, -0.2) is 12.9 Å². The van der Waals surface area contributed by atoms with E-state index in [4.69, 9.17) is 4.74 Å². The van der Waals surface area contributed by atoms with E-state index in [2.05, 4.69) is 0 Å². The summed E-state index contributed by atoms with van der Waals surface area (Å²) in [6, 6.07) is 11.9. The first-order valence-electron chi connectivity index (χ1n) is 7.15. The van der Waals surface area contributed by atoms with Gasteiger partial charge in [-0.15, -0.1) is 0 Å². The lowest BCUT2D eigenvalue weighted by Crippen LogP contribution is -2.12. The Hall–Kier alpha value is -2.16. The quantitative estimate of drug-likeness (QED) is 0.775. The molecule has 0 aliphatic heterocycles. The summed E-state index contributed by atoms with van der Waals surface area (Å²) in [6.07, 6.45) is 2.51. The van der Waals surface area contributed by atoms with Crippen molar-refractivity contribution < 1.29 is 13.9 Å². The van der Waals surface area contributed by atoms with Crippen molar-refractivity contribution in [3.63, 3.8) is 0 Å². The van der Waals surface area contributed by atoms with Crippen molar-refractivity contribution in [1.29, 1.82) is 0 Å². The molecular weight excluding hydrogens is 267 g/mol. The largest absolute Gasteiger partial charge is 0.497 e. The molecule has 21 heavy (non-hydrogen) atoms. The van der Waals surface area contributed by atoms with Crippen LogP contribution < -0.4 is 4.74 Å². The molecule has 1 aliphatic rings. The number of benzene rings is 2. The molecule has 0 amide bonds. The molecule has 0 saturated carbocycles. The summed E-state index contributed by atoms with van der Waals surface area (Å²) in [5, 5.41) is 0. The van der Waals surface area contributed by atoms with Gasteiger partial charge in [0.1, 0.15) is 11.6 Å². The number of aryl methyl sites for hydroxylation is 1. The van der Waals surface area contributed by atoms with Crippen molar-refractivity contribution in [2.75, 3.05) is 7.11 Å². The Morgan fingerprint density at radius 2 is 2.05 bits per heavy atom. The van der Waals surface area contributed by atoms with E-state index in [0.717, 1.165) is 41.7 Å². The Labute approximate surface area is 123 Å². The number of halogens is 1. The summed E-state index contributed by atoms with van der Waals surface area (Å²) in [4.78, 5) is 12.8. The molecule has 3 rings (SSSR count). The molecule has 1 atom stereocenters. The van der Waals surface area contributed by atoms with Gasteiger partial charge < -0.3 is 4.74 Å². The molecule has 0 radical (unpaired) electrons. The monoisotopic (exact) mass is 284 g/mol. The van der Waals surface area contributed by atoms with E-state index in [9.17, 15) is 9.18 Å². The molecule has 3 heteroatoms. The number of hydrogen-bond acceptors (Lipinski definition) is 2. The molecule has 1 aliphatic carbocycles. The van der Waals surface area contributed by atoms with Crippen LogP contribution in [0.1, 0.15) is 40.2 Å². The first-order chi connectivity index (χ1) is 10.2. The third-order valence-corrected chi connectivity index (χ3v) is 4.08. The molecule has 1 unspecified atom stereocenters. The smallest absolute Gasteiger partial charge is 0.170 e. The van der Waals surface area contributed by atoms with E-state index in [1.807, 2.05) is 24.3 Å². The zero-order valence-electron chi connectivity index (χ0n) is 11.9. The predicted molar refractivity (Wildman–Crippen MR) is 79.4 cm³/mol. The van der Waals surface area contributed by atoms with Gasteiger partial charge in [-0.2, -0.15) is 0 Å². The third kappa shape index (κ3) is 2.68. The van der Waals surface area contributed by atoms with Crippen LogP contribution in [0.25, 0.3) is 0 Å². The van der Waals surface area contributed by atoms with Crippen LogP contribution in [0.4, 0.5) is 4.39 Å². The molecule has 0 N–H and O–H groups in total. The van der Waals surface area contributed by atoms with Gasteiger partial charge in [0.25, 0.3) is 0 Å². The van der Waals surface area contributed by atoms with Gasteiger partial charge in [0, 0.05) is 11.5 Å². The fourth-order valence-corrected chi connectivity index (χ4v) is 3.00. The topological polar surface area (TPSA) is 26.3 Å². The highest BCUT2D eigenvalue weighted by atomic mass is 19.1. The van der Waals surface area contributed by atoms with Crippen LogP contribution in [0.3, 0.4) is 0 Å². The summed E-state index contributed by atoms with van der Waals surface area (Å²) in [6.45, 7) is 0. The minimum Gasteiger partial charge on any atom is -0.497 e. The number of carbonyl (C=O) groups excluding carboxylic acids is 1. The van der Waals surface area contributed by atoms with Crippen molar-refractivity contribution in [2.24, 2.45) is 0 Å². The highest BCUT2D eigenvalue weighted by Crippen LogP contribution is 2.33. The van der Waals surface area contributed by atoms with Gasteiger partial charge in [0.15, 0.2) is 5.78 Å². The average Bonchev–Trinajstić information content (AvgIpc) is 2.66. The van der Waals surface area contributed by atoms with E-state index in [1.54, 1.807) is 13.2 Å². The van der Waals surface area contributed by atoms with Crippen molar-refractivity contribution >= 4 is 5.78 Å². The molecule has 0 saturated heterocycles.